The van der Waals surface area contributed by atoms with Gasteiger partial charge < -0.3 is 9.53 Å². The summed E-state index contributed by atoms with van der Waals surface area (Å²) in [7, 11) is 1.35. The molecule has 0 atom stereocenters. The third-order valence-electron chi connectivity index (χ3n) is 0.489. The lowest BCUT2D eigenvalue weighted by Crippen LogP contribution is -1.88. The van der Waals surface area contributed by atoms with Crippen molar-refractivity contribution in [3.63, 3.8) is 0 Å². The zero-order valence-electron chi connectivity index (χ0n) is 8.49. The molecule has 76 valence electrons. The Kier molecular flexibility index (Phi) is 22.8. The van der Waals surface area contributed by atoms with Crippen LogP contribution in [0, 0.1) is 0 Å². The summed E-state index contributed by atoms with van der Waals surface area (Å²) in [5.41, 5.74) is 0.574. The number of aldehydes is 2. The Labute approximate surface area is 78.6 Å². The average molecular weight is 188 g/mol. The molecule has 4 nitrogen and oxygen atoms in total. The Morgan fingerprint density at radius 3 is 1.46 bits per heavy atom. The van der Waals surface area contributed by atoms with Crippen LogP contribution in [0.3, 0.4) is 0 Å². The minimum Gasteiger partial charge on any atom is -0.469 e. The highest BCUT2D eigenvalue weighted by molar-refractivity contribution is 5.70. The second-order valence-corrected chi connectivity index (χ2v) is 1.90. The predicted octanol–water partition coefficient (Wildman–Crippen LogP) is 1.15. The van der Waals surface area contributed by atoms with Crippen LogP contribution in [0.1, 0.15) is 20.8 Å². The van der Waals surface area contributed by atoms with Crippen LogP contribution in [0.4, 0.5) is 0 Å². The summed E-state index contributed by atoms with van der Waals surface area (Å²) in [5.74, 6) is -0.245. The molecule has 0 aliphatic carbocycles. The van der Waals surface area contributed by atoms with Crippen LogP contribution >= 0.6 is 0 Å². The Balaban J connectivity index is -0.000000120. The molecule has 0 heterocycles. The van der Waals surface area contributed by atoms with Crippen molar-refractivity contribution in [2.24, 2.45) is 0 Å². The summed E-state index contributed by atoms with van der Waals surface area (Å²) in [6.07, 6.45) is 1.47. The molecule has 0 aliphatic rings. The smallest absolute Gasteiger partial charge is 0.302 e. The van der Waals surface area contributed by atoms with E-state index in [9.17, 15) is 9.59 Å². The van der Waals surface area contributed by atoms with Crippen molar-refractivity contribution < 1.29 is 19.1 Å². The molecule has 0 aromatic carbocycles. The lowest BCUT2D eigenvalue weighted by atomic mass is 10.4. The summed E-state index contributed by atoms with van der Waals surface area (Å²) in [5, 5.41) is 0. The molecule has 0 bridgehead atoms. The van der Waals surface area contributed by atoms with Crippen molar-refractivity contribution in [1.82, 2.24) is 0 Å². The summed E-state index contributed by atoms with van der Waals surface area (Å²) in [4.78, 5) is 27.8. The summed E-state index contributed by atoms with van der Waals surface area (Å²) in [6, 6.07) is 0. The molecule has 0 N–H and O–H groups in total. The molecule has 13 heavy (non-hydrogen) atoms. The molecule has 0 aromatic heterocycles. The Hall–Kier alpha value is -1.45. The van der Waals surface area contributed by atoms with Gasteiger partial charge in [0.2, 0.25) is 0 Å². The highest BCUT2D eigenvalue weighted by atomic mass is 16.5. The Bertz CT molecular complexity index is 161. The maximum Gasteiger partial charge on any atom is 0.302 e. The maximum absolute atomic E-state index is 9.59. The normalized spacial score (nSPS) is 6.15. The van der Waals surface area contributed by atoms with Gasteiger partial charge >= 0.3 is 5.97 Å². The fourth-order valence-electron chi connectivity index (χ4n) is 0. The van der Waals surface area contributed by atoms with Crippen molar-refractivity contribution in [2.75, 3.05) is 7.11 Å². The standard InChI is InChI=1S/C4H6O.C3H6O2.C2H4O/c1-4(2)3-5;1-3(4)5-2;1-2-3/h3H,1H2,2H3;1-2H3;2H,1H3. The van der Waals surface area contributed by atoms with Crippen molar-refractivity contribution in [3.05, 3.63) is 12.2 Å². The molecule has 4 heteroatoms. The molecule has 0 rings (SSSR count). The molecule has 0 radical (unpaired) electrons. The molecule has 0 fully saturated rings. The fraction of sp³-hybridized carbons (Fsp3) is 0.444. The number of carbonyl (C=O) groups is 3. The first kappa shape index (κ1) is 17.6. The van der Waals surface area contributed by atoms with E-state index in [0.29, 0.717) is 5.57 Å². The van der Waals surface area contributed by atoms with Crippen LogP contribution in [0.2, 0.25) is 0 Å². The highest BCUT2D eigenvalue weighted by Gasteiger charge is 1.75. The first-order valence-corrected chi connectivity index (χ1v) is 3.51. The van der Waals surface area contributed by atoms with Crippen LogP contribution in [0.5, 0.6) is 0 Å². The average Bonchev–Trinajstić information content (AvgIpc) is 2.07. The van der Waals surface area contributed by atoms with Gasteiger partial charge in [0.1, 0.15) is 12.6 Å². The van der Waals surface area contributed by atoms with Crippen LogP contribution in [-0.4, -0.2) is 25.7 Å². The van der Waals surface area contributed by atoms with Gasteiger partial charge in [-0.25, -0.2) is 0 Å². The van der Waals surface area contributed by atoms with Crippen LogP contribution in [0.15, 0.2) is 12.2 Å². The quantitative estimate of drug-likeness (QED) is 0.352. The molecule has 0 saturated heterocycles. The minimum atomic E-state index is -0.245. The molecule has 0 aliphatic heterocycles. The SMILES string of the molecule is C=C(C)C=O.CC=O.COC(C)=O. The third kappa shape index (κ3) is 119. The number of rotatable bonds is 1. The molecule has 0 amide bonds. The number of methoxy groups -OCH3 is 1. The van der Waals surface area contributed by atoms with Gasteiger partial charge in [0.15, 0.2) is 0 Å². The second kappa shape index (κ2) is 16.9. The molecule has 0 saturated carbocycles. The zero-order chi connectivity index (χ0) is 11.3. The van der Waals surface area contributed by atoms with E-state index in [-0.39, 0.29) is 5.97 Å². The molecule has 0 spiro atoms. The lowest BCUT2D eigenvalue weighted by molar-refractivity contribution is -0.137. The molecular weight excluding hydrogens is 172 g/mol. The van der Waals surface area contributed by atoms with Gasteiger partial charge in [-0.15, -0.1) is 0 Å². The first-order valence-electron chi connectivity index (χ1n) is 3.51. The molecular formula is C9H16O4. The third-order valence-corrected chi connectivity index (χ3v) is 0.489. The van der Waals surface area contributed by atoms with Gasteiger partial charge in [-0.3, -0.25) is 9.59 Å². The Morgan fingerprint density at radius 2 is 1.46 bits per heavy atom. The second-order valence-electron chi connectivity index (χ2n) is 1.90. The molecule has 0 aromatic rings. The summed E-state index contributed by atoms with van der Waals surface area (Å²) in [6.45, 7) is 7.77. The van der Waals surface area contributed by atoms with Gasteiger partial charge in [-0.2, -0.15) is 0 Å². The topological polar surface area (TPSA) is 60.4 Å². The Morgan fingerprint density at radius 1 is 1.31 bits per heavy atom. The molecule has 0 unspecified atom stereocenters. The lowest BCUT2D eigenvalue weighted by Gasteiger charge is -1.80. The van der Waals surface area contributed by atoms with Gasteiger partial charge in [0.05, 0.1) is 7.11 Å². The van der Waals surface area contributed by atoms with Gasteiger partial charge in [-0.1, -0.05) is 6.58 Å². The largest absolute Gasteiger partial charge is 0.469 e. The van der Waals surface area contributed by atoms with E-state index in [4.69, 9.17) is 4.79 Å². The van der Waals surface area contributed by atoms with E-state index in [2.05, 4.69) is 11.3 Å². The summed E-state index contributed by atoms with van der Waals surface area (Å²) < 4.78 is 4.11. The fourth-order valence-corrected chi connectivity index (χ4v) is 0. The van der Waals surface area contributed by atoms with Crippen molar-refractivity contribution in [3.8, 4) is 0 Å². The van der Waals surface area contributed by atoms with Crippen LogP contribution < -0.4 is 0 Å². The van der Waals surface area contributed by atoms with Crippen molar-refractivity contribution >= 4 is 18.5 Å². The van der Waals surface area contributed by atoms with Crippen molar-refractivity contribution in [2.45, 2.75) is 20.8 Å². The van der Waals surface area contributed by atoms with Gasteiger partial charge in [-0.05, 0) is 19.4 Å². The van der Waals surface area contributed by atoms with Crippen LogP contribution in [0.25, 0.3) is 0 Å². The highest BCUT2D eigenvalue weighted by Crippen LogP contribution is 1.70. The monoisotopic (exact) mass is 188 g/mol. The minimum absolute atomic E-state index is 0.245. The zero-order valence-corrected chi connectivity index (χ0v) is 8.49. The van der Waals surface area contributed by atoms with Crippen molar-refractivity contribution in [1.29, 1.82) is 0 Å². The van der Waals surface area contributed by atoms with E-state index in [1.54, 1.807) is 6.92 Å². The number of hydrogen-bond donors (Lipinski definition) is 0. The van der Waals surface area contributed by atoms with E-state index >= 15 is 0 Å². The van der Waals surface area contributed by atoms with E-state index in [1.807, 2.05) is 0 Å². The number of allylic oxidation sites excluding steroid dienone is 1. The number of hydrogen-bond acceptors (Lipinski definition) is 4. The first-order chi connectivity index (χ1) is 5.95. The van der Waals surface area contributed by atoms with E-state index in [1.165, 1.54) is 21.0 Å². The van der Waals surface area contributed by atoms with E-state index < -0.39 is 0 Å². The predicted molar refractivity (Wildman–Crippen MR) is 50.3 cm³/mol. The van der Waals surface area contributed by atoms with Crippen LogP contribution in [-0.2, 0) is 19.1 Å². The van der Waals surface area contributed by atoms with Gasteiger partial charge in [0.25, 0.3) is 0 Å². The number of esters is 1. The summed E-state index contributed by atoms with van der Waals surface area (Å²) >= 11 is 0. The number of carbonyl (C=O) groups excluding carboxylic acids is 3. The number of ether oxygens (including phenoxy) is 1. The maximum atomic E-state index is 9.59. The van der Waals surface area contributed by atoms with Gasteiger partial charge in [0, 0.05) is 6.92 Å². The van der Waals surface area contributed by atoms with E-state index in [0.717, 1.165) is 12.6 Å².